The Bertz CT molecular complexity index is 245. The molecule has 1 aromatic rings. The van der Waals surface area contributed by atoms with E-state index >= 15 is 0 Å². The Morgan fingerprint density at radius 3 is 2.36 bits per heavy atom. The molecule has 0 aliphatic carbocycles. The zero-order chi connectivity index (χ0) is 8.27. The largest absolute Gasteiger partial charge is 0.592 e. The maximum atomic E-state index is 10.7. The van der Waals surface area contributed by atoms with Crippen LogP contribution in [-0.2, 0) is 0 Å². The lowest BCUT2D eigenvalue weighted by Crippen LogP contribution is -3.07. The molecule has 0 saturated carbocycles. The molecule has 0 saturated heterocycles. The topological polar surface area (TPSA) is 64.8 Å². The molecular weight excluding hydrogens is 146 g/mol. The van der Waals surface area contributed by atoms with Gasteiger partial charge < -0.3 is 5.21 Å². The molecule has 0 radical (unpaired) electrons. The van der Waals surface area contributed by atoms with Crippen molar-refractivity contribution < 1.29 is 15.2 Å². The molecule has 1 aromatic carbocycles. The van der Waals surface area contributed by atoms with Crippen LogP contribution in [-0.4, -0.2) is 11.1 Å². The summed E-state index contributed by atoms with van der Waals surface area (Å²) in [4.78, 5) is 10.7. The predicted octanol–water partition coefficient (Wildman–Crippen LogP) is -0.401. The molecule has 2 N–H and O–H groups in total. The number of quaternary nitrogens is 1. The zero-order valence-electron chi connectivity index (χ0n) is 5.65. The molecule has 1 unspecified atom stereocenters. The van der Waals surface area contributed by atoms with E-state index in [-0.39, 0.29) is 5.56 Å². The minimum absolute atomic E-state index is 0.208. The van der Waals surface area contributed by atoms with Crippen molar-refractivity contribution in [1.29, 1.82) is 0 Å². The molecular formula is C7H7NO3. The Labute approximate surface area is 63.2 Å². The highest BCUT2D eigenvalue weighted by molar-refractivity contribution is 5.86. The van der Waals surface area contributed by atoms with Gasteiger partial charge in [0.05, 0.1) is 5.56 Å². The van der Waals surface area contributed by atoms with Gasteiger partial charge in [-0.2, -0.15) is 5.23 Å². The monoisotopic (exact) mass is 153 g/mol. The van der Waals surface area contributed by atoms with Gasteiger partial charge in [-0.25, -0.2) is 10.0 Å². The van der Waals surface area contributed by atoms with Crippen LogP contribution in [0.1, 0.15) is 10.4 Å². The molecule has 1 rings (SSSR count). The summed E-state index contributed by atoms with van der Waals surface area (Å²) in [6.07, 6.45) is 0. The van der Waals surface area contributed by atoms with Crippen molar-refractivity contribution in [2.75, 3.05) is 0 Å². The van der Waals surface area contributed by atoms with Crippen LogP contribution in [0.25, 0.3) is 0 Å². The SMILES string of the molecule is O=C(c1ccccc1)[NH+]([O-])O. The molecule has 0 aromatic heterocycles. The molecule has 4 heteroatoms. The number of carbonyl (C=O) groups excluding carboxylic acids is 1. The standard InChI is InChI=1S/C7H7NO3/c9-7(8(10)11)6-4-2-1-3-5-6/h1-5,8,10H. The highest BCUT2D eigenvalue weighted by Crippen LogP contribution is 1.94. The van der Waals surface area contributed by atoms with Crippen LogP contribution in [0.15, 0.2) is 30.3 Å². The van der Waals surface area contributed by atoms with E-state index in [2.05, 4.69) is 0 Å². The first-order valence-corrected chi connectivity index (χ1v) is 3.04. The highest BCUT2D eigenvalue weighted by atomic mass is 16.8. The van der Waals surface area contributed by atoms with E-state index in [4.69, 9.17) is 5.21 Å². The molecule has 0 bridgehead atoms. The summed E-state index contributed by atoms with van der Waals surface area (Å²) in [7, 11) is 0. The van der Waals surface area contributed by atoms with Gasteiger partial charge in [-0.05, 0) is 12.1 Å². The van der Waals surface area contributed by atoms with E-state index in [9.17, 15) is 10.0 Å². The van der Waals surface area contributed by atoms with Crippen LogP contribution in [0.3, 0.4) is 0 Å². The van der Waals surface area contributed by atoms with Crippen LogP contribution in [0.4, 0.5) is 0 Å². The number of carbonyl (C=O) groups is 1. The van der Waals surface area contributed by atoms with Crippen LogP contribution < -0.4 is 5.23 Å². The van der Waals surface area contributed by atoms with Crippen LogP contribution >= 0.6 is 0 Å². The molecule has 11 heavy (non-hydrogen) atoms. The molecule has 0 fully saturated rings. The van der Waals surface area contributed by atoms with Crippen molar-refractivity contribution in [3.63, 3.8) is 0 Å². The number of amides is 1. The van der Waals surface area contributed by atoms with Crippen LogP contribution in [0.5, 0.6) is 0 Å². The fourth-order valence-corrected chi connectivity index (χ4v) is 0.713. The second-order valence-electron chi connectivity index (χ2n) is 2.00. The molecule has 0 aliphatic rings. The van der Waals surface area contributed by atoms with Crippen molar-refractivity contribution in [2.45, 2.75) is 0 Å². The fraction of sp³-hybridized carbons (Fsp3) is 0. The summed E-state index contributed by atoms with van der Waals surface area (Å²) in [5.41, 5.74) is 0.208. The number of hydrogen-bond donors (Lipinski definition) is 2. The Balaban J connectivity index is 2.86. The summed E-state index contributed by atoms with van der Waals surface area (Å²) in [5, 5.41) is 17.0. The fourth-order valence-electron chi connectivity index (χ4n) is 0.713. The van der Waals surface area contributed by atoms with E-state index in [1.807, 2.05) is 0 Å². The van der Waals surface area contributed by atoms with Gasteiger partial charge in [-0.15, -0.1) is 0 Å². The predicted molar refractivity (Wildman–Crippen MR) is 36.9 cm³/mol. The first-order valence-electron chi connectivity index (χ1n) is 3.04. The molecule has 0 spiro atoms. The Morgan fingerprint density at radius 2 is 1.91 bits per heavy atom. The summed E-state index contributed by atoms with van der Waals surface area (Å²) in [5.74, 6) is -0.870. The van der Waals surface area contributed by atoms with Gasteiger partial charge in [-0.3, -0.25) is 0 Å². The Morgan fingerprint density at radius 1 is 1.36 bits per heavy atom. The summed E-state index contributed by atoms with van der Waals surface area (Å²) < 4.78 is 0. The van der Waals surface area contributed by atoms with E-state index < -0.39 is 11.1 Å². The first-order chi connectivity index (χ1) is 5.22. The number of benzene rings is 1. The van der Waals surface area contributed by atoms with Gasteiger partial charge in [0.25, 0.3) is 0 Å². The molecule has 0 aliphatic heterocycles. The third kappa shape index (κ3) is 1.84. The summed E-state index contributed by atoms with van der Waals surface area (Å²) in [6, 6.07) is 7.90. The van der Waals surface area contributed by atoms with E-state index in [1.165, 1.54) is 12.1 Å². The van der Waals surface area contributed by atoms with Gasteiger partial charge in [0.2, 0.25) is 0 Å². The second kappa shape index (κ2) is 3.25. The van der Waals surface area contributed by atoms with E-state index in [0.717, 1.165) is 0 Å². The van der Waals surface area contributed by atoms with Crippen LogP contribution in [0.2, 0.25) is 0 Å². The molecule has 0 heterocycles. The third-order valence-corrected chi connectivity index (χ3v) is 1.23. The number of hydrogen-bond acceptors (Lipinski definition) is 3. The third-order valence-electron chi connectivity index (χ3n) is 1.23. The highest BCUT2D eigenvalue weighted by Gasteiger charge is 2.10. The number of nitrogens with one attached hydrogen (secondary N) is 1. The van der Waals surface area contributed by atoms with Gasteiger partial charge in [-0.1, -0.05) is 18.2 Å². The molecule has 1 amide bonds. The Hall–Kier alpha value is -1.23. The quantitative estimate of drug-likeness (QED) is 0.426. The zero-order valence-corrected chi connectivity index (χ0v) is 5.65. The van der Waals surface area contributed by atoms with Crippen LogP contribution in [0, 0.1) is 5.21 Å². The van der Waals surface area contributed by atoms with E-state index in [0.29, 0.717) is 0 Å². The normalized spacial score (nSPS) is 12.5. The van der Waals surface area contributed by atoms with E-state index in [1.54, 1.807) is 18.2 Å². The van der Waals surface area contributed by atoms with Crippen molar-refractivity contribution in [1.82, 2.24) is 0 Å². The lowest BCUT2D eigenvalue weighted by Gasteiger charge is -2.08. The van der Waals surface area contributed by atoms with Gasteiger partial charge in [0.1, 0.15) is 0 Å². The average molecular weight is 153 g/mol. The number of rotatable bonds is 1. The smallest absolute Gasteiger partial charge is 0.376 e. The van der Waals surface area contributed by atoms with Gasteiger partial charge in [0.15, 0.2) is 0 Å². The van der Waals surface area contributed by atoms with Crippen molar-refractivity contribution in [3.8, 4) is 0 Å². The maximum absolute atomic E-state index is 10.7. The van der Waals surface area contributed by atoms with Crippen molar-refractivity contribution in [2.24, 2.45) is 0 Å². The van der Waals surface area contributed by atoms with Gasteiger partial charge in [0, 0.05) is 0 Å². The minimum atomic E-state index is -1.42. The minimum Gasteiger partial charge on any atom is -0.592 e. The lowest BCUT2D eigenvalue weighted by atomic mass is 10.2. The lowest BCUT2D eigenvalue weighted by molar-refractivity contribution is -0.974. The maximum Gasteiger partial charge on any atom is 0.376 e. The van der Waals surface area contributed by atoms with Gasteiger partial charge >= 0.3 is 5.91 Å². The summed E-state index contributed by atoms with van der Waals surface area (Å²) in [6.45, 7) is 0. The molecule has 1 atom stereocenters. The summed E-state index contributed by atoms with van der Waals surface area (Å²) >= 11 is 0. The first kappa shape index (κ1) is 7.87. The Kier molecular flexibility index (Phi) is 2.32. The average Bonchev–Trinajstić information content (AvgIpc) is 2.05. The van der Waals surface area contributed by atoms with Crippen molar-refractivity contribution in [3.05, 3.63) is 41.1 Å². The molecule has 4 nitrogen and oxygen atoms in total. The second-order valence-corrected chi connectivity index (χ2v) is 2.00. The molecule has 58 valence electrons. The van der Waals surface area contributed by atoms with Crippen molar-refractivity contribution >= 4 is 5.91 Å². The number of hydroxylamine groups is 2.